The van der Waals surface area contributed by atoms with Crippen LogP contribution in [-0.4, -0.2) is 52.6 Å². The van der Waals surface area contributed by atoms with E-state index in [1.54, 1.807) is 0 Å². The Kier molecular flexibility index (Phi) is 20.3. The van der Waals surface area contributed by atoms with E-state index in [2.05, 4.69) is 75.2 Å². The Hall–Kier alpha value is -5.77. The van der Waals surface area contributed by atoms with Gasteiger partial charge in [0.25, 0.3) is 8.32 Å². The monoisotopic (exact) mass is 988 g/mol. The molecule has 0 bridgehead atoms. The van der Waals surface area contributed by atoms with Crippen LogP contribution in [0.15, 0.2) is 212 Å². The zero-order chi connectivity index (χ0) is 49.6. The van der Waals surface area contributed by atoms with Crippen molar-refractivity contribution in [3.05, 3.63) is 240 Å². The first-order chi connectivity index (χ1) is 34.7. The maximum absolute atomic E-state index is 14.9. The first kappa shape index (κ1) is 53.0. The molecular weight excluding hydrogens is 924 g/mol. The number of phosphoric ester groups is 1. The molecule has 0 fully saturated rings. The van der Waals surface area contributed by atoms with Crippen LogP contribution < -0.4 is 10.4 Å². The van der Waals surface area contributed by atoms with Gasteiger partial charge in [0, 0.05) is 0 Å². The number of ether oxygens (including phenoxy) is 4. The number of phosphoric acid groups is 1. The molecule has 11 heteroatoms. The number of hydrogen-bond donors (Lipinski definition) is 0. The van der Waals surface area contributed by atoms with Gasteiger partial charge in [-0.1, -0.05) is 239 Å². The van der Waals surface area contributed by atoms with E-state index in [-0.39, 0.29) is 57.9 Å². The SMILES string of the molecule is C#CCO[C@H](COP(=O)(OCc1ccccc1)OCc1ccccc1)[C@@H](OCc1ccccc1)[C@H](OCc1ccccc1)[C@H](CO[Si](c1ccccc1)(c1ccccc1)C(C)(C)C)OCc1ccccc1. The van der Waals surface area contributed by atoms with Crippen LogP contribution in [0, 0.1) is 12.3 Å². The minimum Gasteiger partial charge on any atom is -0.405 e. The molecule has 368 valence electrons. The van der Waals surface area contributed by atoms with Gasteiger partial charge in [-0.2, -0.15) is 0 Å². The number of terminal acetylenes is 1. The quantitative estimate of drug-likeness (QED) is 0.0270. The van der Waals surface area contributed by atoms with Crippen LogP contribution in [-0.2, 0) is 74.5 Å². The minimum absolute atomic E-state index is 0.0332. The standard InChI is InChI=1S/C60H65O9PSi/c1-5-41-62-56(47-68-70(61,66-45-52-33-19-9-20-34-52)67-46-53-35-21-10-22-36-53)58(64-43-50-29-15-7-16-30-50)59(65-44-51-31-17-8-18-32-51)57(63-42-49-27-13-6-14-28-49)48-69-71(60(2,3)4,54-37-23-11-24-38-54)55-39-25-12-26-40-55/h1,6-40,56-59H,41-48H2,2-4H3/t56-,57+,58-,59-/m1/s1. The van der Waals surface area contributed by atoms with Gasteiger partial charge in [0.15, 0.2) is 0 Å². The van der Waals surface area contributed by atoms with Crippen molar-refractivity contribution in [3.63, 3.8) is 0 Å². The summed E-state index contributed by atoms with van der Waals surface area (Å²) in [6.07, 6.45) is 2.24. The summed E-state index contributed by atoms with van der Waals surface area (Å²) in [5.74, 6) is 2.63. The molecule has 0 amide bonds. The lowest BCUT2D eigenvalue weighted by molar-refractivity contribution is -0.196. The zero-order valence-corrected chi connectivity index (χ0v) is 42.8. The molecule has 0 unspecified atom stereocenters. The van der Waals surface area contributed by atoms with Crippen LogP contribution in [0.1, 0.15) is 48.6 Å². The van der Waals surface area contributed by atoms with E-state index in [9.17, 15) is 4.57 Å². The molecule has 7 rings (SSSR count). The fourth-order valence-electron chi connectivity index (χ4n) is 8.47. The first-order valence-corrected chi connectivity index (χ1v) is 27.4. The smallest absolute Gasteiger partial charge is 0.405 e. The van der Waals surface area contributed by atoms with Crippen molar-refractivity contribution in [2.24, 2.45) is 0 Å². The lowest BCUT2D eigenvalue weighted by Crippen LogP contribution is -2.67. The fourth-order valence-corrected chi connectivity index (χ4v) is 14.2. The summed E-state index contributed by atoms with van der Waals surface area (Å²) in [5.41, 5.74) is 4.38. The first-order valence-electron chi connectivity index (χ1n) is 24.0. The second-order valence-electron chi connectivity index (χ2n) is 18.1. The third-order valence-electron chi connectivity index (χ3n) is 12.1. The van der Waals surface area contributed by atoms with Crippen molar-refractivity contribution in [1.29, 1.82) is 0 Å². The number of benzene rings is 7. The molecular formula is C60H65O9PSi. The van der Waals surface area contributed by atoms with Gasteiger partial charge in [-0.25, -0.2) is 4.57 Å². The van der Waals surface area contributed by atoms with E-state index in [1.165, 1.54) is 0 Å². The second-order valence-corrected chi connectivity index (χ2v) is 24.1. The molecule has 9 nitrogen and oxygen atoms in total. The van der Waals surface area contributed by atoms with E-state index in [4.69, 9.17) is 43.4 Å². The van der Waals surface area contributed by atoms with Crippen molar-refractivity contribution in [2.45, 2.75) is 83.3 Å². The molecule has 0 aliphatic rings. The maximum atomic E-state index is 14.9. The Morgan fingerprint density at radius 2 is 0.761 bits per heavy atom. The summed E-state index contributed by atoms with van der Waals surface area (Å²) < 4.78 is 69.1. The molecule has 0 N–H and O–H groups in total. The third kappa shape index (κ3) is 15.6. The lowest BCUT2D eigenvalue weighted by Gasteiger charge is -2.45. The van der Waals surface area contributed by atoms with Crippen LogP contribution >= 0.6 is 7.82 Å². The fraction of sp³-hybridized carbons (Fsp3) is 0.267. The Balaban J connectivity index is 1.32. The molecule has 0 heterocycles. The molecule has 0 aliphatic carbocycles. The van der Waals surface area contributed by atoms with Crippen LogP contribution in [0.3, 0.4) is 0 Å². The molecule has 0 saturated heterocycles. The Morgan fingerprint density at radius 3 is 1.11 bits per heavy atom. The Morgan fingerprint density at radius 1 is 0.437 bits per heavy atom. The van der Waals surface area contributed by atoms with Gasteiger partial charge in [-0.05, 0) is 43.2 Å². The molecule has 0 aromatic heterocycles. The highest BCUT2D eigenvalue weighted by Crippen LogP contribution is 2.51. The van der Waals surface area contributed by atoms with Gasteiger partial charge in [0.2, 0.25) is 0 Å². The van der Waals surface area contributed by atoms with E-state index in [0.29, 0.717) is 0 Å². The molecule has 7 aromatic carbocycles. The van der Waals surface area contributed by atoms with Crippen LogP contribution in [0.5, 0.6) is 0 Å². The molecule has 0 radical (unpaired) electrons. The van der Waals surface area contributed by atoms with E-state index >= 15 is 0 Å². The second kappa shape index (κ2) is 27.2. The highest BCUT2D eigenvalue weighted by atomic mass is 31.2. The summed E-state index contributed by atoms with van der Waals surface area (Å²) in [4.78, 5) is 0. The van der Waals surface area contributed by atoms with Gasteiger partial charge in [0.05, 0.1) is 46.2 Å². The predicted molar refractivity (Wildman–Crippen MR) is 283 cm³/mol. The number of rotatable bonds is 28. The minimum atomic E-state index is -4.32. The molecule has 0 saturated carbocycles. The maximum Gasteiger partial charge on any atom is 0.475 e. The highest BCUT2D eigenvalue weighted by Gasteiger charge is 2.51. The van der Waals surface area contributed by atoms with Crippen LogP contribution in [0.25, 0.3) is 0 Å². The van der Waals surface area contributed by atoms with Crippen molar-refractivity contribution < 1.29 is 41.5 Å². The van der Waals surface area contributed by atoms with E-state index in [1.807, 2.05) is 164 Å². The molecule has 7 aromatic rings. The van der Waals surface area contributed by atoms with Gasteiger partial charge in [0.1, 0.15) is 31.0 Å². The average Bonchev–Trinajstić information content (AvgIpc) is 3.41. The summed E-state index contributed by atoms with van der Waals surface area (Å²) >= 11 is 0. The summed E-state index contributed by atoms with van der Waals surface area (Å²) in [7, 11) is -7.47. The summed E-state index contributed by atoms with van der Waals surface area (Å²) in [6, 6.07) is 69.7. The summed E-state index contributed by atoms with van der Waals surface area (Å²) in [6.45, 7) is 6.87. The average molecular weight is 989 g/mol. The van der Waals surface area contributed by atoms with Gasteiger partial charge in [-0.3, -0.25) is 13.6 Å². The predicted octanol–water partition coefficient (Wildman–Crippen LogP) is 11.9. The van der Waals surface area contributed by atoms with Gasteiger partial charge >= 0.3 is 7.82 Å². The largest absolute Gasteiger partial charge is 0.475 e. The lowest BCUT2D eigenvalue weighted by atomic mass is 10.0. The van der Waals surface area contributed by atoms with Crippen molar-refractivity contribution >= 4 is 26.5 Å². The van der Waals surface area contributed by atoms with Gasteiger partial charge in [-0.15, -0.1) is 6.42 Å². The van der Waals surface area contributed by atoms with Crippen molar-refractivity contribution in [3.8, 4) is 12.3 Å². The normalized spacial score (nSPS) is 13.7. The molecule has 0 spiro atoms. The van der Waals surface area contributed by atoms with Crippen LogP contribution in [0.2, 0.25) is 5.04 Å². The molecule has 4 atom stereocenters. The Labute approximate surface area is 421 Å². The van der Waals surface area contributed by atoms with E-state index < -0.39 is 40.6 Å². The molecule has 71 heavy (non-hydrogen) atoms. The topological polar surface area (TPSA) is 90.9 Å². The highest BCUT2D eigenvalue weighted by molar-refractivity contribution is 7.48. The van der Waals surface area contributed by atoms with E-state index in [0.717, 1.165) is 38.2 Å². The molecule has 0 aliphatic heterocycles. The van der Waals surface area contributed by atoms with Gasteiger partial charge < -0.3 is 23.4 Å². The summed E-state index contributed by atoms with van der Waals surface area (Å²) in [5, 5.41) is 1.88. The third-order valence-corrected chi connectivity index (χ3v) is 18.4. The number of hydrogen-bond acceptors (Lipinski definition) is 9. The van der Waals surface area contributed by atoms with Crippen molar-refractivity contribution in [2.75, 3.05) is 19.8 Å². The van der Waals surface area contributed by atoms with Crippen LogP contribution in [0.4, 0.5) is 0 Å². The Bertz CT molecular complexity index is 2570. The zero-order valence-electron chi connectivity index (χ0n) is 40.9. The van der Waals surface area contributed by atoms with Crippen molar-refractivity contribution in [1.82, 2.24) is 0 Å².